The van der Waals surface area contributed by atoms with Crippen molar-refractivity contribution in [2.75, 3.05) is 14.2 Å². The van der Waals surface area contributed by atoms with Crippen LogP contribution in [0, 0.1) is 0 Å². The summed E-state index contributed by atoms with van der Waals surface area (Å²) in [4.78, 5) is 8.32. The van der Waals surface area contributed by atoms with E-state index in [9.17, 15) is 0 Å². The SMILES string of the molecule is CNC(c1ccncc1OC)c1cccc2cnccc12. The van der Waals surface area contributed by atoms with Crippen LogP contribution in [0.4, 0.5) is 0 Å². The smallest absolute Gasteiger partial charge is 0.142 e. The molecule has 0 spiro atoms. The van der Waals surface area contributed by atoms with E-state index in [2.05, 4.69) is 33.5 Å². The van der Waals surface area contributed by atoms with Crippen LogP contribution in [-0.4, -0.2) is 24.1 Å². The predicted octanol–water partition coefficient (Wildman–Crippen LogP) is 2.95. The lowest BCUT2D eigenvalue weighted by Crippen LogP contribution is -2.19. The van der Waals surface area contributed by atoms with Crippen molar-refractivity contribution in [2.45, 2.75) is 6.04 Å². The third-order valence-corrected chi connectivity index (χ3v) is 3.66. The maximum atomic E-state index is 5.45. The van der Waals surface area contributed by atoms with Gasteiger partial charge < -0.3 is 10.1 Å². The number of methoxy groups -OCH3 is 1. The molecular weight excluding hydrogens is 262 g/mol. The first kappa shape index (κ1) is 13.5. The van der Waals surface area contributed by atoms with E-state index < -0.39 is 0 Å². The normalized spacial score (nSPS) is 12.3. The Bertz CT molecular complexity index is 752. The molecule has 3 rings (SSSR count). The Balaban J connectivity index is 2.19. The van der Waals surface area contributed by atoms with Gasteiger partial charge in [0.15, 0.2) is 0 Å². The van der Waals surface area contributed by atoms with Gasteiger partial charge in [0.05, 0.1) is 19.3 Å². The van der Waals surface area contributed by atoms with E-state index in [1.165, 1.54) is 10.9 Å². The van der Waals surface area contributed by atoms with Crippen molar-refractivity contribution in [3.8, 4) is 5.75 Å². The maximum Gasteiger partial charge on any atom is 0.142 e. The summed E-state index contributed by atoms with van der Waals surface area (Å²) >= 11 is 0. The number of aromatic nitrogens is 2. The first-order valence-corrected chi connectivity index (χ1v) is 6.83. The van der Waals surface area contributed by atoms with Crippen LogP contribution in [0.15, 0.2) is 55.1 Å². The topological polar surface area (TPSA) is 47.0 Å². The molecule has 0 saturated carbocycles. The molecule has 0 saturated heterocycles. The highest BCUT2D eigenvalue weighted by molar-refractivity contribution is 5.85. The molecule has 1 N–H and O–H groups in total. The molecular formula is C17H17N3O. The Morgan fingerprint density at radius 3 is 2.62 bits per heavy atom. The molecule has 0 amide bonds. The zero-order valence-corrected chi connectivity index (χ0v) is 12.1. The summed E-state index contributed by atoms with van der Waals surface area (Å²) in [5.41, 5.74) is 2.27. The monoisotopic (exact) mass is 279 g/mol. The number of nitrogens with zero attached hydrogens (tertiary/aromatic N) is 2. The molecule has 4 heteroatoms. The van der Waals surface area contributed by atoms with E-state index in [1.807, 2.05) is 31.6 Å². The van der Waals surface area contributed by atoms with Gasteiger partial charge in [-0.2, -0.15) is 0 Å². The number of nitrogens with one attached hydrogen (secondary N) is 1. The molecule has 0 bridgehead atoms. The van der Waals surface area contributed by atoms with Crippen LogP contribution >= 0.6 is 0 Å². The third kappa shape index (κ3) is 2.45. The van der Waals surface area contributed by atoms with Crippen molar-refractivity contribution in [1.29, 1.82) is 0 Å². The highest BCUT2D eigenvalue weighted by Crippen LogP contribution is 2.32. The minimum atomic E-state index is 0.0362. The van der Waals surface area contributed by atoms with E-state index in [1.54, 1.807) is 19.5 Å². The number of ether oxygens (including phenoxy) is 1. The van der Waals surface area contributed by atoms with Crippen LogP contribution in [0.25, 0.3) is 10.8 Å². The van der Waals surface area contributed by atoms with E-state index in [0.717, 1.165) is 16.7 Å². The summed E-state index contributed by atoms with van der Waals surface area (Å²) in [6.07, 6.45) is 7.24. The van der Waals surface area contributed by atoms with Crippen LogP contribution in [0.5, 0.6) is 5.75 Å². The lowest BCUT2D eigenvalue weighted by molar-refractivity contribution is 0.403. The molecule has 2 aromatic heterocycles. The van der Waals surface area contributed by atoms with Gasteiger partial charge in [-0.15, -0.1) is 0 Å². The Kier molecular flexibility index (Phi) is 3.79. The van der Waals surface area contributed by atoms with Crippen LogP contribution in [-0.2, 0) is 0 Å². The van der Waals surface area contributed by atoms with Gasteiger partial charge in [-0.1, -0.05) is 18.2 Å². The summed E-state index contributed by atoms with van der Waals surface area (Å²) in [5.74, 6) is 0.780. The Morgan fingerprint density at radius 1 is 1.00 bits per heavy atom. The predicted molar refractivity (Wildman–Crippen MR) is 83.4 cm³/mol. The van der Waals surface area contributed by atoms with Crippen LogP contribution in [0.3, 0.4) is 0 Å². The molecule has 106 valence electrons. The summed E-state index contributed by atoms with van der Waals surface area (Å²) in [5, 5.41) is 5.69. The lowest BCUT2D eigenvalue weighted by atomic mass is 9.94. The molecule has 0 fully saturated rings. The molecule has 21 heavy (non-hydrogen) atoms. The molecule has 3 aromatic rings. The second-order valence-electron chi connectivity index (χ2n) is 4.78. The zero-order chi connectivity index (χ0) is 14.7. The fourth-order valence-corrected chi connectivity index (χ4v) is 2.68. The fraction of sp³-hybridized carbons (Fsp3) is 0.176. The van der Waals surface area contributed by atoms with Crippen molar-refractivity contribution in [1.82, 2.24) is 15.3 Å². The Morgan fingerprint density at radius 2 is 1.81 bits per heavy atom. The molecule has 1 aromatic carbocycles. The van der Waals surface area contributed by atoms with Gasteiger partial charge in [0.1, 0.15) is 5.75 Å². The van der Waals surface area contributed by atoms with Crippen LogP contribution < -0.4 is 10.1 Å². The van der Waals surface area contributed by atoms with E-state index in [0.29, 0.717) is 0 Å². The quantitative estimate of drug-likeness (QED) is 0.797. The largest absolute Gasteiger partial charge is 0.495 e. The van der Waals surface area contributed by atoms with Gasteiger partial charge in [-0.05, 0) is 30.1 Å². The van der Waals surface area contributed by atoms with Crippen molar-refractivity contribution in [3.05, 3.63) is 66.2 Å². The molecule has 4 nitrogen and oxygen atoms in total. The van der Waals surface area contributed by atoms with Crippen LogP contribution in [0.1, 0.15) is 17.2 Å². The van der Waals surface area contributed by atoms with Gasteiger partial charge >= 0.3 is 0 Å². The van der Waals surface area contributed by atoms with Gasteiger partial charge in [0, 0.05) is 29.5 Å². The molecule has 0 aliphatic heterocycles. The number of hydrogen-bond donors (Lipinski definition) is 1. The Labute approximate surface area is 123 Å². The van der Waals surface area contributed by atoms with Crippen molar-refractivity contribution in [2.24, 2.45) is 0 Å². The average molecular weight is 279 g/mol. The second kappa shape index (κ2) is 5.89. The Hall–Kier alpha value is -2.46. The van der Waals surface area contributed by atoms with E-state index in [-0.39, 0.29) is 6.04 Å². The van der Waals surface area contributed by atoms with Gasteiger partial charge in [-0.25, -0.2) is 0 Å². The van der Waals surface area contributed by atoms with Gasteiger partial charge in [0.2, 0.25) is 0 Å². The first-order chi connectivity index (χ1) is 10.3. The molecule has 0 radical (unpaired) electrons. The fourth-order valence-electron chi connectivity index (χ4n) is 2.68. The summed E-state index contributed by atoms with van der Waals surface area (Å²) in [7, 11) is 3.62. The van der Waals surface area contributed by atoms with Gasteiger partial charge in [-0.3, -0.25) is 9.97 Å². The molecule has 0 aliphatic carbocycles. The first-order valence-electron chi connectivity index (χ1n) is 6.83. The lowest BCUT2D eigenvalue weighted by Gasteiger charge is -2.21. The molecule has 1 unspecified atom stereocenters. The number of pyridine rings is 2. The number of benzene rings is 1. The molecule has 0 aliphatic rings. The van der Waals surface area contributed by atoms with E-state index in [4.69, 9.17) is 4.74 Å². The highest BCUT2D eigenvalue weighted by atomic mass is 16.5. The molecule has 1 atom stereocenters. The minimum Gasteiger partial charge on any atom is -0.495 e. The van der Waals surface area contributed by atoms with Crippen molar-refractivity contribution >= 4 is 10.8 Å². The van der Waals surface area contributed by atoms with Crippen molar-refractivity contribution in [3.63, 3.8) is 0 Å². The number of rotatable bonds is 4. The van der Waals surface area contributed by atoms with Gasteiger partial charge in [0.25, 0.3) is 0 Å². The van der Waals surface area contributed by atoms with Crippen molar-refractivity contribution < 1.29 is 4.74 Å². The minimum absolute atomic E-state index is 0.0362. The number of fused-ring (bicyclic) bond motifs is 1. The number of hydrogen-bond acceptors (Lipinski definition) is 4. The third-order valence-electron chi connectivity index (χ3n) is 3.66. The highest BCUT2D eigenvalue weighted by Gasteiger charge is 2.18. The zero-order valence-electron chi connectivity index (χ0n) is 12.1. The van der Waals surface area contributed by atoms with Crippen LogP contribution in [0.2, 0.25) is 0 Å². The average Bonchev–Trinajstić information content (AvgIpc) is 2.56. The standard InChI is InChI=1S/C17H17N3O/c1-18-17(15-7-9-20-11-16(15)21-2)14-5-3-4-12-10-19-8-6-13(12)14/h3-11,17-18H,1-2H3. The summed E-state index contributed by atoms with van der Waals surface area (Å²) in [6, 6.07) is 10.3. The van der Waals surface area contributed by atoms with E-state index >= 15 is 0 Å². The summed E-state index contributed by atoms with van der Waals surface area (Å²) in [6.45, 7) is 0. The molecule has 2 heterocycles. The second-order valence-corrected chi connectivity index (χ2v) is 4.78. The summed E-state index contributed by atoms with van der Waals surface area (Å²) < 4.78 is 5.45. The maximum absolute atomic E-state index is 5.45.